The summed E-state index contributed by atoms with van der Waals surface area (Å²) >= 11 is 0. The molecule has 130 valence electrons. The fourth-order valence-electron chi connectivity index (χ4n) is 2.51. The van der Waals surface area contributed by atoms with E-state index < -0.39 is 40.6 Å². The van der Waals surface area contributed by atoms with Gasteiger partial charge in [0.15, 0.2) is 6.29 Å². The van der Waals surface area contributed by atoms with Crippen molar-refractivity contribution in [3.05, 3.63) is 52.4 Å². The van der Waals surface area contributed by atoms with Crippen LogP contribution in [0.2, 0.25) is 0 Å². The number of nitrogens with zero attached hydrogens (tertiary/aromatic N) is 3. The summed E-state index contributed by atoms with van der Waals surface area (Å²) in [6.07, 6.45) is -3.64. The minimum Gasteiger partial charge on any atom is -0.507 e. The fourth-order valence-corrected chi connectivity index (χ4v) is 2.51. The molecule has 0 unspecified atom stereocenters. The van der Waals surface area contributed by atoms with Gasteiger partial charge in [-0.2, -0.15) is 13.2 Å². The van der Waals surface area contributed by atoms with Crippen LogP contribution < -0.4 is 0 Å². The Morgan fingerprint density at radius 3 is 2.64 bits per heavy atom. The number of phenolic OH excluding ortho intramolecular Hbond substituents is 1. The molecule has 0 spiro atoms. The van der Waals surface area contributed by atoms with Crippen LogP contribution in [0.1, 0.15) is 37.8 Å². The summed E-state index contributed by atoms with van der Waals surface area (Å²) in [5, 5.41) is 9.59. The first-order chi connectivity index (χ1) is 11.7. The van der Waals surface area contributed by atoms with Gasteiger partial charge in [0.25, 0.3) is 5.91 Å². The number of hydrogen-bond acceptors (Lipinski definition) is 5. The second kappa shape index (κ2) is 5.80. The zero-order chi connectivity index (χ0) is 18.4. The molecule has 0 saturated carbocycles. The van der Waals surface area contributed by atoms with Crippen LogP contribution in [0.25, 0.3) is 0 Å². The van der Waals surface area contributed by atoms with E-state index in [4.69, 9.17) is 0 Å². The number of halogens is 4. The Kier molecular flexibility index (Phi) is 3.90. The van der Waals surface area contributed by atoms with Crippen molar-refractivity contribution in [3.63, 3.8) is 0 Å². The molecule has 0 bridgehead atoms. The average Bonchev–Trinajstić information content (AvgIpc) is 2.98. The summed E-state index contributed by atoms with van der Waals surface area (Å²) in [6, 6.07) is 1.75. The summed E-state index contributed by atoms with van der Waals surface area (Å²) in [6.45, 7) is -0.438. The summed E-state index contributed by atoms with van der Waals surface area (Å²) in [5.41, 5.74) is -0.895. The van der Waals surface area contributed by atoms with E-state index in [0.717, 1.165) is 23.2 Å². The second-order valence-electron chi connectivity index (χ2n) is 5.30. The minimum atomic E-state index is -4.73. The number of fused-ring (bicyclic) bond motifs is 1. The van der Waals surface area contributed by atoms with Gasteiger partial charge in [-0.3, -0.25) is 9.59 Å². The number of phenols is 1. The number of alkyl halides is 3. The topological polar surface area (TPSA) is 83.4 Å². The molecule has 0 fully saturated rings. The van der Waals surface area contributed by atoms with Crippen molar-refractivity contribution in [2.75, 3.05) is 0 Å². The smallest absolute Gasteiger partial charge is 0.451 e. The van der Waals surface area contributed by atoms with Crippen LogP contribution >= 0.6 is 0 Å². The van der Waals surface area contributed by atoms with Crippen LogP contribution in [0.5, 0.6) is 5.75 Å². The number of carbonyl (C=O) groups is 2. The molecule has 25 heavy (non-hydrogen) atoms. The fraction of sp³-hybridized carbons (Fsp3) is 0.200. The van der Waals surface area contributed by atoms with E-state index in [1.54, 1.807) is 0 Å². The highest BCUT2D eigenvalue weighted by molar-refractivity contribution is 6.03. The molecule has 0 aliphatic carbocycles. The van der Waals surface area contributed by atoms with E-state index in [9.17, 15) is 32.3 Å². The van der Waals surface area contributed by atoms with Crippen LogP contribution in [-0.4, -0.2) is 32.2 Å². The van der Waals surface area contributed by atoms with Crippen LogP contribution in [-0.2, 0) is 19.3 Å². The molecule has 1 aromatic heterocycles. The molecule has 3 rings (SSSR count). The molecule has 1 aromatic carbocycles. The van der Waals surface area contributed by atoms with Crippen molar-refractivity contribution in [3.8, 4) is 5.75 Å². The number of aldehydes is 1. The third kappa shape index (κ3) is 2.90. The lowest BCUT2D eigenvalue weighted by molar-refractivity contribution is -0.145. The Morgan fingerprint density at radius 2 is 2.00 bits per heavy atom. The van der Waals surface area contributed by atoms with E-state index in [1.807, 2.05) is 0 Å². The molecular formula is C15H9F4N3O3. The molecule has 1 aliphatic rings. The van der Waals surface area contributed by atoms with Gasteiger partial charge in [-0.05, 0) is 12.1 Å². The molecule has 0 atom stereocenters. The number of rotatable bonds is 2. The van der Waals surface area contributed by atoms with E-state index in [1.165, 1.54) is 0 Å². The van der Waals surface area contributed by atoms with Crippen LogP contribution in [0.15, 0.2) is 18.3 Å². The summed E-state index contributed by atoms with van der Waals surface area (Å²) < 4.78 is 51.9. The molecule has 0 saturated heterocycles. The largest absolute Gasteiger partial charge is 0.507 e. The maximum absolute atomic E-state index is 14.0. The standard InChI is InChI=1S/C15H9F4N3O3/c16-9-1-2-11(24)8(6-23)12(9)13(25)22-4-7-3-20-14(15(17,18)19)21-10(7)5-22/h1-3,6,24H,4-5H2. The van der Waals surface area contributed by atoms with E-state index in [2.05, 4.69) is 9.97 Å². The van der Waals surface area contributed by atoms with Crippen molar-refractivity contribution in [1.82, 2.24) is 14.9 Å². The summed E-state index contributed by atoms with van der Waals surface area (Å²) in [7, 11) is 0. The number of carbonyl (C=O) groups excluding carboxylic acids is 2. The molecule has 1 N–H and O–H groups in total. The lowest BCUT2D eigenvalue weighted by Gasteiger charge is -2.17. The summed E-state index contributed by atoms with van der Waals surface area (Å²) in [5.74, 6) is -3.88. The highest BCUT2D eigenvalue weighted by Gasteiger charge is 2.37. The number of benzene rings is 1. The summed E-state index contributed by atoms with van der Waals surface area (Å²) in [4.78, 5) is 31.2. The molecular weight excluding hydrogens is 346 g/mol. The van der Waals surface area contributed by atoms with Gasteiger partial charge in [-0.1, -0.05) is 0 Å². The quantitative estimate of drug-likeness (QED) is 0.660. The highest BCUT2D eigenvalue weighted by atomic mass is 19.4. The van der Waals surface area contributed by atoms with Gasteiger partial charge in [-0.25, -0.2) is 14.4 Å². The predicted octanol–water partition coefficient (Wildman–Crippen LogP) is 2.31. The Bertz CT molecular complexity index is 883. The van der Waals surface area contributed by atoms with Crippen molar-refractivity contribution in [2.45, 2.75) is 19.3 Å². The van der Waals surface area contributed by atoms with Gasteiger partial charge in [-0.15, -0.1) is 0 Å². The SMILES string of the molecule is O=Cc1c(O)ccc(F)c1C(=O)N1Cc2cnc(C(F)(F)F)nc2C1. The maximum atomic E-state index is 14.0. The Balaban J connectivity index is 1.94. The molecule has 10 heteroatoms. The normalized spacial score (nSPS) is 13.7. The minimum absolute atomic E-state index is 0.0103. The molecule has 0 radical (unpaired) electrons. The van der Waals surface area contributed by atoms with Crippen molar-refractivity contribution in [1.29, 1.82) is 0 Å². The molecule has 1 amide bonds. The Hall–Kier alpha value is -3.04. The monoisotopic (exact) mass is 355 g/mol. The van der Waals surface area contributed by atoms with Crippen molar-refractivity contribution < 1.29 is 32.3 Å². The molecule has 6 nitrogen and oxygen atoms in total. The highest BCUT2D eigenvalue weighted by Crippen LogP contribution is 2.30. The van der Waals surface area contributed by atoms with Gasteiger partial charge < -0.3 is 10.0 Å². The molecule has 1 aliphatic heterocycles. The van der Waals surface area contributed by atoms with Crippen LogP contribution in [0.3, 0.4) is 0 Å². The lowest BCUT2D eigenvalue weighted by atomic mass is 10.1. The first-order valence-electron chi connectivity index (χ1n) is 6.90. The molecule has 2 aromatic rings. The zero-order valence-electron chi connectivity index (χ0n) is 12.3. The maximum Gasteiger partial charge on any atom is 0.451 e. The third-order valence-corrected chi connectivity index (χ3v) is 3.70. The van der Waals surface area contributed by atoms with Crippen LogP contribution in [0.4, 0.5) is 17.6 Å². The number of amides is 1. The zero-order valence-corrected chi connectivity index (χ0v) is 12.3. The van der Waals surface area contributed by atoms with Gasteiger partial charge in [0, 0.05) is 18.3 Å². The van der Waals surface area contributed by atoms with Gasteiger partial charge in [0.05, 0.1) is 23.4 Å². The van der Waals surface area contributed by atoms with E-state index in [0.29, 0.717) is 0 Å². The van der Waals surface area contributed by atoms with Crippen LogP contribution in [0, 0.1) is 5.82 Å². The number of hydrogen-bond donors (Lipinski definition) is 1. The average molecular weight is 355 g/mol. The van der Waals surface area contributed by atoms with Crippen molar-refractivity contribution >= 4 is 12.2 Å². The van der Waals surface area contributed by atoms with E-state index >= 15 is 0 Å². The van der Waals surface area contributed by atoms with Gasteiger partial charge >= 0.3 is 6.18 Å². The number of aromatic hydroxyl groups is 1. The Labute approximate surface area is 137 Å². The van der Waals surface area contributed by atoms with Crippen molar-refractivity contribution in [2.24, 2.45) is 0 Å². The first-order valence-corrected chi connectivity index (χ1v) is 6.90. The van der Waals surface area contributed by atoms with Gasteiger partial charge in [0.2, 0.25) is 5.82 Å². The second-order valence-corrected chi connectivity index (χ2v) is 5.30. The van der Waals surface area contributed by atoms with E-state index in [-0.39, 0.29) is 30.6 Å². The predicted molar refractivity (Wildman–Crippen MR) is 74.1 cm³/mol. The first kappa shape index (κ1) is 16.8. The molecule has 2 heterocycles. The third-order valence-electron chi connectivity index (χ3n) is 3.70. The number of aromatic nitrogens is 2. The van der Waals surface area contributed by atoms with Gasteiger partial charge in [0.1, 0.15) is 11.6 Å². The lowest BCUT2D eigenvalue weighted by Crippen LogP contribution is -2.27. The Morgan fingerprint density at radius 1 is 1.28 bits per heavy atom.